The molecule has 0 saturated carbocycles. The average molecular weight is 312 g/mol. The van der Waals surface area contributed by atoms with Crippen LogP contribution < -0.4 is 5.32 Å². The van der Waals surface area contributed by atoms with E-state index in [1.54, 1.807) is 12.3 Å². The molecule has 1 amide bonds. The summed E-state index contributed by atoms with van der Waals surface area (Å²) in [7, 11) is 0. The molecule has 1 aromatic heterocycles. The molecule has 0 aromatic carbocycles. The van der Waals surface area contributed by atoms with Gasteiger partial charge in [0.05, 0.1) is 6.10 Å². The van der Waals surface area contributed by atoms with Crippen molar-refractivity contribution in [2.24, 2.45) is 5.41 Å². The number of amides is 1. The molecule has 0 aliphatic carbocycles. The molecule has 0 radical (unpaired) electrons. The molecule has 1 saturated heterocycles. The minimum Gasteiger partial charge on any atom is -0.393 e. The van der Waals surface area contributed by atoms with Crippen LogP contribution in [0.2, 0.25) is 0 Å². The van der Waals surface area contributed by atoms with Gasteiger partial charge in [-0.3, -0.25) is 4.79 Å². The summed E-state index contributed by atoms with van der Waals surface area (Å²) >= 11 is 1.48. The summed E-state index contributed by atoms with van der Waals surface area (Å²) in [6, 6.07) is 0. The standard InChI is InChI=1S/C15H24N2O3S/c1-10(18)7-15(2,3)9-16-13(19)11-8-21-14(17-11)12-5-4-6-20-12/h8,10,12,18H,4-7,9H2,1-3H3,(H,16,19). The predicted octanol–water partition coefficient (Wildman–Crippen LogP) is 2.52. The highest BCUT2D eigenvalue weighted by molar-refractivity contribution is 7.09. The summed E-state index contributed by atoms with van der Waals surface area (Å²) in [5.41, 5.74) is 0.315. The number of carbonyl (C=O) groups is 1. The van der Waals surface area contributed by atoms with E-state index < -0.39 is 0 Å². The molecule has 0 spiro atoms. The first-order chi connectivity index (χ1) is 9.87. The SMILES string of the molecule is CC(O)CC(C)(C)CNC(=O)c1csc(C2CCCO2)n1. The van der Waals surface area contributed by atoms with E-state index in [-0.39, 0.29) is 23.5 Å². The number of carbonyl (C=O) groups excluding carboxylic acids is 1. The number of aliphatic hydroxyl groups excluding tert-OH is 1. The molecule has 1 aliphatic heterocycles. The van der Waals surface area contributed by atoms with Gasteiger partial charge in [-0.2, -0.15) is 0 Å². The van der Waals surface area contributed by atoms with Gasteiger partial charge in [-0.05, 0) is 31.6 Å². The number of nitrogens with one attached hydrogen (secondary N) is 1. The average Bonchev–Trinajstić information content (AvgIpc) is 3.04. The predicted molar refractivity (Wildman–Crippen MR) is 82.5 cm³/mol. The van der Waals surface area contributed by atoms with Crippen LogP contribution in [0.25, 0.3) is 0 Å². The third-order valence-corrected chi connectivity index (χ3v) is 4.47. The number of rotatable bonds is 6. The van der Waals surface area contributed by atoms with Crippen molar-refractivity contribution in [3.63, 3.8) is 0 Å². The number of nitrogens with zero attached hydrogens (tertiary/aromatic N) is 1. The summed E-state index contributed by atoms with van der Waals surface area (Å²) in [5.74, 6) is -0.158. The molecule has 1 fully saturated rings. The van der Waals surface area contributed by atoms with Crippen molar-refractivity contribution in [1.82, 2.24) is 10.3 Å². The highest BCUT2D eigenvalue weighted by atomic mass is 32.1. The fourth-order valence-corrected chi connectivity index (χ4v) is 3.48. The van der Waals surface area contributed by atoms with E-state index in [9.17, 15) is 9.90 Å². The van der Waals surface area contributed by atoms with Crippen molar-refractivity contribution in [3.8, 4) is 0 Å². The second kappa shape index (κ2) is 6.85. The third kappa shape index (κ3) is 4.76. The van der Waals surface area contributed by atoms with Gasteiger partial charge in [-0.1, -0.05) is 13.8 Å². The lowest BCUT2D eigenvalue weighted by Crippen LogP contribution is -2.35. The second-order valence-corrected chi connectivity index (χ2v) is 7.36. The maximum absolute atomic E-state index is 12.1. The van der Waals surface area contributed by atoms with Crippen molar-refractivity contribution in [2.75, 3.05) is 13.2 Å². The van der Waals surface area contributed by atoms with Crippen LogP contribution in [0.4, 0.5) is 0 Å². The van der Waals surface area contributed by atoms with Gasteiger partial charge in [0.2, 0.25) is 0 Å². The van der Waals surface area contributed by atoms with Crippen molar-refractivity contribution < 1.29 is 14.6 Å². The minimum absolute atomic E-state index is 0.0585. The fraction of sp³-hybridized carbons (Fsp3) is 0.733. The quantitative estimate of drug-likeness (QED) is 0.846. The van der Waals surface area contributed by atoms with Gasteiger partial charge < -0.3 is 15.2 Å². The molecular formula is C15H24N2O3S. The van der Waals surface area contributed by atoms with Gasteiger partial charge in [-0.15, -0.1) is 11.3 Å². The Morgan fingerprint density at radius 3 is 3.05 bits per heavy atom. The van der Waals surface area contributed by atoms with Gasteiger partial charge in [0, 0.05) is 18.5 Å². The Hall–Kier alpha value is -0.980. The van der Waals surface area contributed by atoms with Crippen LogP contribution in [0.1, 0.15) is 61.6 Å². The van der Waals surface area contributed by atoms with Crippen LogP contribution in [0.5, 0.6) is 0 Å². The summed E-state index contributed by atoms with van der Waals surface area (Å²) in [6.07, 6.45) is 2.37. The number of ether oxygens (including phenoxy) is 1. The monoisotopic (exact) mass is 312 g/mol. The summed E-state index contributed by atoms with van der Waals surface area (Å²) in [6.45, 7) is 7.11. The highest BCUT2D eigenvalue weighted by Crippen LogP contribution is 2.30. The van der Waals surface area contributed by atoms with E-state index in [0.717, 1.165) is 24.5 Å². The Morgan fingerprint density at radius 2 is 2.43 bits per heavy atom. The first kappa shape index (κ1) is 16.4. The van der Waals surface area contributed by atoms with Gasteiger partial charge >= 0.3 is 0 Å². The van der Waals surface area contributed by atoms with E-state index in [4.69, 9.17) is 4.74 Å². The van der Waals surface area contributed by atoms with E-state index >= 15 is 0 Å². The van der Waals surface area contributed by atoms with Gasteiger partial charge in [-0.25, -0.2) is 4.98 Å². The summed E-state index contributed by atoms with van der Waals surface area (Å²) in [5, 5.41) is 15.0. The van der Waals surface area contributed by atoms with E-state index in [0.29, 0.717) is 18.7 Å². The molecule has 5 nitrogen and oxygen atoms in total. The van der Waals surface area contributed by atoms with Gasteiger partial charge in [0.15, 0.2) is 0 Å². The molecule has 2 atom stereocenters. The van der Waals surface area contributed by atoms with Gasteiger partial charge in [0.25, 0.3) is 5.91 Å². The smallest absolute Gasteiger partial charge is 0.270 e. The first-order valence-corrected chi connectivity index (χ1v) is 8.29. The molecule has 0 bridgehead atoms. The number of aromatic nitrogens is 1. The molecule has 1 aliphatic rings. The lowest BCUT2D eigenvalue weighted by Gasteiger charge is -2.26. The zero-order chi connectivity index (χ0) is 15.5. The Bertz CT molecular complexity index is 479. The number of hydrogen-bond donors (Lipinski definition) is 2. The normalized spacial score (nSPS) is 20.5. The molecule has 2 rings (SSSR count). The van der Waals surface area contributed by atoms with E-state index in [1.165, 1.54) is 11.3 Å². The van der Waals surface area contributed by atoms with Crippen LogP contribution in [0.3, 0.4) is 0 Å². The third-order valence-electron chi connectivity index (χ3n) is 3.54. The first-order valence-electron chi connectivity index (χ1n) is 7.41. The Kier molecular flexibility index (Phi) is 5.35. The maximum Gasteiger partial charge on any atom is 0.270 e. The van der Waals surface area contributed by atoms with Gasteiger partial charge in [0.1, 0.15) is 16.8 Å². The molecule has 118 valence electrons. The van der Waals surface area contributed by atoms with Crippen LogP contribution in [-0.4, -0.2) is 35.3 Å². The number of hydrogen-bond acceptors (Lipinski definition) is 5. The van der Waals surface area contributed by atoms with Crippen molar-refractivity contribution in [3.05, 3.63) is 16.1 Å². The Balaban J connectivity index is 1.88. The zero-order valence-corrected chi connectivity index (χ0v) is 13.7. The second-order valence-electron chi connectivity index (χ2n) is 6.47. The van der Waals surface area contributed by atoms with Crippen molar-refractivity contribution in [1.29, 1.82) is 0 Å². The van der Waals surface area contributed by atoms with Crippen LogP contribution >= 0.6 is 11.3 Å². The number of thiazole rings is 1. The largest absolute Gasteiger partial charge is 0.393 e. The molecule has 6 heteroatoms. The molecule has 1 aromatic rings. The molecule has 2 heterocycles. The minimum atomic E-state index is -0.373. The molecular weight excluding hydrogens is 288 g/mol. The molecule has 21 heavy (non-hydrogen) atoms. The topological polar surface area (TPSA) is 71.5 Å². The van der Waals surface area contributed by atoms with Crippen molar-refractivity contribution in [2.45, 2.75) is 52.2 Å². The highest BCUT2D eigenvalue weighted by Gasteiger charge is 2.24. The van der Waals surface area contributed by atoms with Crippen LogP contribution in [0.15, 0.2) is 5.38 Å². The zero-order valence-electron chi connectivity index (χ0n) is 12.9. The lowest BCUT2D eigenvalue weighted by molar-refractivity contribution is 0.0895. The van der Waals surface area contributed by atoms with E-state index in [1.807, 2.05) is 13.8 Å². The lowest BCUT2D eigenvalue weighted by atomic mass is 9.87. The summed E-state index contributed by atoms with van der Waals surface area (Å²) in [4.78, 5) is 16.5. The van der Waals surface area contributed by atoms with E-state index in [2.05, 4.69) is 10.3 Å². The van der Waals surface area contributed by atoms with Crippen molar-refractivity contribution >= 4 is 17.2 Å². The number of aliphatic hydroxyl groups is 1. The van der Waals surface area contributed by atoms with Crippen LogP contribution in [-0.2, 0) is 4.74 Å². The molecule has 2 N–H and O–H groups in total. The Morgan fingerprint density at radius 1 is 1.67 bits per heavy atom. The Labute approximate surface area is 129 Å². The summed E-state index contributed by atoms with van der Waals surface area (Å²) < 4.78 is 5.58. The maximum atomic E-state index is 12.1. The fourth-order valence-electron chi connectivity index (χ4n) is 2.59. The molecule has 2 unspecified atom stereocenters. The van der Waals surface area contributed by atoms with Crippen LogP contribution in [0, 0.1) is 5.41 Å².